The third-order valence-corrected chi connectivity index (χ3v) is 6.24. The predicted molar refractivity (Wildman–Crippen MR) is 151 cm³/mol. The molecule has 0 aromatic rings. The van der Waals surface area contributed by atoms with Crippen molar-refractivity contribution in [3.05, 3.63) is 12.2 Å². The summed E-state index contributed by atoms with van der Waals surface area (Å²) >= 11 is 0. The Morgan fingerprint density at radius 1 is 0.854 bits per heavy atom. The van der Waals surface area contributed by atoms with Crippen molar-refractivity contribution in [2.24, 2.45) is 11.7 Å². The van der Waals surface area contributed by atoms with Crippen LogP contribution >= 0.6 is 0 Å². The molecule has 0 aliphatic carbocycles. The first-order valence-electron chi connectivity index (χ1n) is 13.8. The monoisotopic (exact) mass is 575 g/mol. The Morgan fingerprint density at radius 3 is 2.10 bits per heavy atom. The summed E-state index contributed by atoms with van der Waals surface area (Å²) in [6.45, 7) is 5.33. The Hall–Kier alpha value is -3.91. The van der Waals surface area contributed by atoms with Crippen LogP contribution in [-0.2, 0) is 28.8 Å². The van der Waals surface area contributed by atoms with E-state index in [1.807, 2.05) is 0 Å². The summed E-state index contributed by atoms with van der Waals surface area (Å²) in [6, 6.07) is -2.97. The topological polar surface area (TPSA) is 209 Å². The lowest BCUT2D eigenvalue weighted by Gasteiger charge is -2.25. The van der Waals surface area contributed by atoms with Gasteiger partial charge in [0.2, 0.25) is 23.6 Å². The van der Waals surface area contributed by atoms with Crippen molar-refractivity contribution >= 4 is 49.3 Å². The van der Waals surface area contributed by atoms with E-state index < -0.39 is 35.8 Å². The molecule has 0 spiro atoms. The molecule has 1 rings (SSSR count). The molecular formula is C26H42BN7O7. The smallest absolute Gasteiger partial charge is 0.312 e. The van der Waals surface area contributed by atoms with Gasteiger partial charge >= 0.3 is 6.03 Å². The average molecular weight is 575 g/mol. The minimum absolute atomic E-state index is 0.134. The number of carbonyl (C=O) groups is 7. The van der Waals surface area contributed by atoms with Crippen molar-refractivity contribution in [2.75, 3.05) is 19.6 Å². The van der Waals surface area contributed by atoms with Crippen LogP contribution in [0.2, 0.25) is 6.32 Å². The lowest BCUT2D eigenvalue weighted by molar-refractivity contribution is -0.137. The summed E-state index contributed by atoms with van der Waals surface area (Å²) in [4.78, 5) is 85.8. The maximum Gasteiger partial charge on any atom is 0.312 e. The Bertz CT molecular complexity index is 971. The van der Waals surface area contributed by atoms with Crippen LogP contribution in [0.15, 0.2) is 12.2 Å². The lowest BCUT2D eigenvalue weighted by atomic mass is 9.99. The number of primary amides is 1. The standard InChI is InChI=1S/C26H42BN7O7/c1-16(2)23(33-19(35)9-5-4-6-13-34-21(37)10-11-22(34)38)25(40)32-18(8-7-12-29-26(28)41)24(39)30-15-20(36)31-17(3)14-27/h10-11,16-18,23H,4-9,12-15H2,1-3H3,(H,30,39)(H,31,36)(H,32,40)(H,33,35)(H3,28,29,41)/t17-,18+,23+/m1/s1. The molecule has 3 atom stereocenters. The molecule has 0 fully saturated rings. The highest BCUT2D eigenvalue weighted by Gasteiger charge is 2.29. The molecule has 7 N–H and O–H groups in total. The Morgan fingerprint density at radius 2 is 1.51 bits per heavy atom. The highest BCUT2D eigenvalue weighted by Crippen LogP contribution is 2.09. The number of hydrogen-bond donors (Lipinski definition) is 6. The average Bonchev–Trinajstić information content (AvgIpc) is 3.23. The van der Waals surface area contributed by atoms with Gasteiger partial charge in [0, 0.05) is 37.7 Å². The van der Waals surface area contributed by atoms with Gasteiger partial charge in [-0.05, 0) is 38.5 Å². The molecule has 14 nitrogen and oxygen atoms in total. The number of hydrogen-bond acceptors (Lipinski definition) is 7. The van der Waals surface area contributed by atoms with E-state index in [2.05, 4.69) is 26.6 Å². The summed E-state index contributed by atoms with van der Waals surface area (Å²) in [6.07, 6.45) is 4.88. The summed E-state index contributed by atoms with van der Waals surface area (Å²) in [5.74, 6) is -2.98. The fourth-order valence-corrected chi connectivity index (χ4v) is 3.89. The number of nitrogens with two attached hydrogens (primary N) is 1. The molecule has 1 aliphatic heterocycles. The number of urea groups is 1. The fraction of sp³-hybridized carbons (Fsp3) is 0.654. The molecule has 15 heteroatoms. The minimum atomic E-state index is -1.04. The lowest BCUT2D eigenvalue weighted by Crippen LogP contribution is -2.56. The van der Waals surface area contributed by atoms with Crippen molar-refractivity contribution < 1.29 is 33.6 Å². The number of nitrogens with one attached hydrogen (secondary N) is 5. The van der Waals surface area contributed by atoms with Crippen molar-refractivity contribution in [2.45, 2.75) is 83.7 Å². The number of rotatable bonds is 19. The van der Waals surface area contributed by atoms with Crippen LogP contribution in [0.4, 0.5) is 4.79 Å². The molecule has 0 aromatic carbocycles. The molecule has 0 saturated carbocycles. The van der Waals surface area contributed by atoms with Gasteiger partial charge in [-0.25, -0.2) is 4.79 Å². The third-order valence-electron chi connectivity index (χ3n) is 6.24. The van der Waals surface area contributed by atoms with Crippen LogP contribution < -0.4 is 32.3 Å². The number of nitrogens with zero attached hydrogens (tertiary/aromatic N) is 1. The van der Waals surface area contributed by atoms with Crippen LogP contribution in [0.1, 0.15) is 59.3 Å². The first kappa shape index (κ1) is 35.1. The van der Waals surface area contributed by atoms with E-state index in [0.29, 0.717) is 25.7 Å². The molecule has 41 heavy (non-hydrogen) atoms. The van der Waals surface area contributed by atoms with Crippen molar-refractivity contribution in [1.82, 2.24) is 31.5 Å². The minimum Gasteiger partial charge on any atom is -0.353 e. The van der Waals surface area contributed by atoms with E-state index in [9.17, 15) is 33.6 Å². The zero-order valence-electron chi connectivity index (χ0n) is 24.0. The highest BCUT2D eigenvalue weighted by molar-refractivity contribution is 6.12. The van der Waals surface area contributed by atoms with Crippen molar-refractivity contribution in [3.63, 3.8) is 0 Å². The Balaban J connectivity index is 2.65. The molecular weight excluding hydrogens is 533 g/mol. The number of amides is 8. The molecule has 0 bridgehead atoms. The van der Waals surface area contributed by atoms with E-state index in [1.54, 1.807) is 20.8 Å². The van der Waals surface area contributed by atoms with E-state index in [0.717, 1.165) is 4.90 Å². The van der Waals surface area contributed by atoms with Crippen molar-refractivity contribution in [3.8, 4) is 0 Å². The van der Waals surface area contributed by atoms with Gasteiger partial charge in [-0.15, -0.1) is 0 Å². The van der Waals surface area contributed by atoms with E-state index >= 15 is 0 Å². The summed E-state index contributed by atoms with van der Waals surface area (Å²) in [7, 11) is 5.48. The SMILES string of the molecule is [B]C[C@@H](C)NC(=O)CNC(=O)[C@H](CCCNC(N)=O)NC(=O)[C@@H](NC(=O)CCCCCN1C(=O)C=CC1=O)C(C)C. The van der Waals surface area contributed by atoms with Gasteiger partial charge in [-0.2, -0.15) is 0 Å². The van der Waals surface area contributed by atoms with E-state index in [1.165, 1.54) is 12.2 Å². The zero-order valence-corrected chi connectivity index (χ0v) is 24.0. The molecule has 2 radical (unpaired) electrons. The molecule has 0 unspecified atom stereocenters. The Labute approximate surface area is 241 Å². The first-order valence-corrected chi connectivity index (χ1v) is 13.8. The maximum atomic E-state index is 13.1. The molecule has 1 heterocycles. The number of unbranched alkanes of at least 4 members (excludes halogenated alkanes) is 2. The predicted octanol–water partition coefficient (Wildman–Crippen LogP) is -1.25. The fourth-order valence-electron chi connectivity index (χ4n) is 3.89. The van der Waals surface area contributed by atoms with Crippen LogP contribution in [0, 0.1) is 5.92 Å². The molecule has 8 amide bonds. The highest BCUT2D eigenvalue weighted by atomic mass is 16.2. The normalized spacial score (nSPS) is 14.8. The van der Waals surface area contributed by atoms with Gasteiger partial charge in [-0.1, -0.05) is 26.6 Å². The van der Waals surface area contributed by atoms with Crippen LogP contribution in [0.5, 0.6) is 0 Å². The number of carbonyl (C=O) groups excluding carboxylic acids is 7. The van der Waals surface area contributed by atoms with Gasteiger partial charge in [-0.3, -0.25) is 33.7 Å². The molecule has 0 saturated heterocycles. The van der Waals surface area contributed by atoms with Crippen molar-refractivity contribution in [1.29, 1.82) is 0 Å². The van der Waals surface area contributed by atoms with Gasteiger partial charge in [0.05, 0.1) is 14.4 Å². The summed E-state index contributed by atoms with van der Waals surface area (Å²) in [5, 5.41) is 12.9. The molecule has 0 aromatic heterocycles. The van der Waals surface area contributed by atoms with E-state index in [-0.39, 0.29) is 68.5 Å². The summed E-state index contributed by atoms with van der Waals surface area (Å²) in [5.41, 5.74) is 5.07. The van der Waals surface area contributed by atoms with Crippen LogP contribution in [-0.4, -0.2) is 92.0 Å². The van der Waals surface area contributed by atoms with Gasteiger partial charge in [0.15, 0.2) is 0 Å². The third kappa shape index (κ3) is 13.8. The maximum absolute atomic E-state index is 13.1. The second kappa shape index (κ2) is 18.4. The quantitative estimate of drug-likeness (QED) is 0.0626. The number of imide groups is 1. The van der Waals surface area contributed by atoms with Gasteiger partial charge < -0.3 is 32.3 Å². The summed E-state index contributed by atoms with van der Waals surface area (Å²) < 4.78 is 0. The van der Waals surface area contributed by atoms with E-state index in [4.69, 9.17) is 13.6 Å². The second-order valence-electron chi connectivity index (χ2n) is 10.2. The van der Waals surface area contributed by atoms with Gasteiger partial charge in [0.25, 0.3) is 11.8 Å². The largest absolute Gasteiger partial charge is 0.353 e. The first-order chi connectivity index (χ1) is 19.3. The Kier molecular flexibility index (Phi) is 15.8. The molecule has 1 aliphatic rings. The second-order valence-corrected chi connectivity index (χ2v) is 10.2. The zero-order chi connectivity index (χ0) is 30.9. The van der Waals surface area contributed by atoms with Gasteiger partial charge in [0.1, 0.15) is 12.1 Å². The van der Waals surface area contributed by atoms with Crippen LogP contribution in [0.3, 0.4) is 0 Å². The molecule has 226 valence electrons. The van der Waals surface area contributed by atoms with Crippen LogP contribution in [0.25, 0.3) is 0 Å².